The number of nitrogens with one attached hydrogen (secondary N) is 2. The number of fused-ring (bicyclic) bond motifs is 1. The van der Waals surface area contributed by atoms with Crippen molar-refractivity contribution in [3.05, 3.63) is 119 Å². The molecular formula is C35H36N5O6. The minimum atomic E-state index is -0.985. The highest BCUT2D eigenvalue weighted by atomic mass is 16.6. The summed E-state index contributed by atoms with van der Waals surface area (Å²) in [5.41, 5.74) is 1.81. The van der Waals surface area contributed by atoms with Crippen molar-refractivity contribution in [1.82, 2.24) is 19.5 Å². The number of nitrogens with zero attached hydrogens (tertiary/aromatic N) is 3. The molecule has 6 rings (SSSR count). The molecule has 0 spiro atoms. The molecule has 46 heavy (non-hydrogen) atoms. The molecule has 1 fully saturated rings. The molecule has 2 atom stereocenters. The van der Waals surface area contributed by atoms with Gasteiger partial charge in [0.2, 0.25) is 11.9 Å². The van der Waals surface area contributed by atoms with Gasteiger partial charge in [0.05, 0.1) is 33.3 Å². The third kappa shape index (κ3) is 5.99. The highest BCUT2D eigenvalue weighted by Crippen LogP contribution is 2.42. The van der Waals surface area contributed by atoms with Gasteiger partial charge < -0.3 is 18.9 Å². The fourth-order valence-electron chi connectivity index (χ4n) is 5.59. The van der Waals surface area contributed by atoms with Crippen LogP contribution in [0.15, 0.2) is 90.0 Å². The van der Waals surface area contributed by atoms with Crippen molar-refractivity contribution in [3.63, 3.8) is 0 Å². The van der Waals surface area contributed by atoms with Crippen LogP contribution in [0.3, 0.4) is 0 Å². The van der Waals surface area contributed by atoms with E-state index < -0.39 is 17.4 Å². The number of benzene rings is 3. The zero-order valence-corrected chi connectivity index (χ0v) is 26.1. The fourth-order valence-corrected chi connectivity index (χ4v) is 5.59. The quantitative estimate of drug-likeness (QED) is 0.192. The minimum Gasteiger partial charge on any atom is -0.497 e. The third-order valence-corrected chi connectivity index (χ3v) is 8.06. The number of rotatable bonds is 11. The fraction of sp³-hybridized carbons (Fsp3) is 0.286. The van der Waals surface area contributed by atoms with Crippen LogP contribution in [0.1, 0.15) is 43.2 Å². The van der Waals surface area contributed by atoms with Crippen LogP contribution < -0.4 is 20.3 Å². The Kier molecular flexibility index (Phi) is 8.87. The van der Waals surface area contributed by atoms with Crippen molar-refractivity contribution >= 4 is 23.0 Å². The number of aromatic amines is 1. The topological polar surface area (TPSA) is 130 Å². The Balaban J connectivity index is 1.31. The van der Waals surface area contributed by atoms with E-state index >= 15 is 0 Å². The van der Waals surface area contributed by atoms with Gasteiger partial charge in [0, 0.05) is 12.3 Å². The summed E-state index contributed by atoms with van der Waals surface area (Å²) in [4.78, 5) is 36.3. The molecule has 1 unspecified atom stereocenters. The Morgan fingerprint density at radius 3 is 2.17 bits per heavy atom. The number of H-pyrrole nitrogens is 1. The molecule has 11 nitrogen and oxygen atoms in total. The van der Waals surface area contributed by atoms with Gasteiger partial charge in [-0.3, -0.25) is 24.5 Å². The molecule has 1 aliphatic heterocycles. The first-order chi connectivity index (χ1) is 22.3. The van der Waals surface area contributed by atoms with Gasteiger partial charge in [-0.1, -0.05) is 68.4 Å². The lowest BCUT2D eigenvalue weighted by atomic mass is 9.80. The lowest BCUT2D eigenvalue weighted by Gasteiger charge is -2.37. The SMILES string of the molecule is COc1ccc(C(OCC2C[CH][C@H](n3cnc4c(=O)[nH]c(NC(=O)C(C)C)nc43)O2)(c2ccccc2)c2ccc(OC)cc2)cc1. The maximum Gasteiger partial charge on any atom is 0.280 e. The average Bonchev–Trinajstić information content (AvgIpc) is 3.73. The molecule has 3 aromatic carbocycles. The predicted octanol–water partition coefficient (Wildman–Crippen LogP) is 5.23. The van der Waals surface area contributed by atoms with Crippen molar-refractivity contribution in [2.24, 2.45) is 5.92 Å². The number of hydrogen-bond acceptors (Lipinski definition) is 8. The van der Waals surface area contributed by atoms with E-state index in [1.54, 1.807) is 32.6 Å². The van der Waals surface area contributed by atoms with Crippen molar-refractivity contribution in [2.75, 3.05) is 26.1 Å². The molecule has 0 bridgehead atoms. The second-order valence-electron chi connectivity index (χ2n) is 11.3. The molecule has 5 aromatic rings. The van der Waals surface area contributed by atoms with Crippen LogP contribution in [0.4, 0.5) is 5.95 Å². The normalized spacial score (nSPS) is 16.5. The van der Waals surface area contributed by atoms with E-state index in [-0.39, 0.29) is 36.0 Å². The zero-order chi connectivity index (χ0) is 32.3. The number of imidazole rings is 1. The van der Waals surface area contributed by atoms with E-state index in [0.717, 1.165) is 28.2 Å². The largest absolute Gasteiger partial charge is 0.497 e. The van der Waals surface area contributed by atoms with Gasteiger partial charge in [0.25, 0.3) is 5.56 Å². The Morgan fingerprint density at radius 1 is 0.978 bits per heavy atom. The Hall–Kier alpha value is -5.00. The number of amides is 1. The predicted molar refractivity (Wildman–Crippen MR) is 173 cm³/mol. The summed E-state index contributed by atoms with van der Waals surface area (Å²) in [6.45, 7) is 3.77. The third-order valence-electron chi connectivity index (χ3n) is 8.06. The minimum absolute atomic E-state index is 0.0578. The van der Waals surface area contributed by atoms with E-state index in [0.29, 0.717) is 12.1 Å². The van der Waals surface area contributed by atoms with Gasteiger partial charge in [-0.2, -0.15) is 4.98 Å². The van der Waals surface area contributed by atoms with Gasteiger partial charge in [0.1, 0.15) is 23.3 Å². The Labute approximate surface area is 266 Å². The van der Waals surface area contributed by atoms with Gasteiger partial charge in [0.15, 0.2) is 11.2 Å². The molecule has 11 heteroatoms. The van der Waals surface area contributed by atoms with Gasteiger partial charge >= 0.3 is 0 Å². The summed E-state index contributed by atoms with van der Waals surface area (Å²) >= 11 is 0. The first-order valence-corrected chi connectivity index (χ1v) is 15.1. The number of carbonyl (C=O) groups excluding carboxylic acids is 1. The maximum atomic E-state index is 12.7. The van der Waals surface area contributed by atoms with Crippen molar-refractivity contribution in [1.29, 1.82) is 0 Å². The van der Waals surface area contributed by atoms with E-state index in [2.05, 4.69) is 32.4 Å². The van der Waals surface area contributed by atoms with Crippen LogP contribution in [0, 0.1) is 12.3 Å². The van der Waals surface area contributed by atoms with Crippen molar-refractivity contribution < 1.29 is 23.7 Å². The van der Waals surface area contributed by atoms with Crippen LogP contribution in [-0.2, 0) is 19.9 Å². The number of hydrogen-bond donors (Lipinski definition) is 2. The smallest absolute Gasteiger partial charge is 0.280 e. The van der Waals surface area contributed by atoms with Gasteiger partial charge in [-0.25, -0.2) is 4.98 Å². The molecule has 0 aliphatic carbocycles. The summed E-state index contributed by atoms with van der Waals surface area (Å²) in [6, 6.07) is 25.8. The van der Waals surface area contributed by atoms with Crippen molar-refractivity contribution in [3.8, 4) is 11.5 Å². The highest BCUT2D eigenvalue weighted by Gasteiger charge is 2.40. The number of ether oxygens (including phenoxy) is 4. The Bertz CT molecular complexity index is 1800. The molecule has 0 saturated carbocycles. The van der Waals surface area contributed by atoms with E-state index in [4.69, 9.17) is 18.9 Å². The summed E-state index contributed by atoms with van der Waals surface area (Å²) in [5.74, 6) is 0.998. The second-order valence-corrected chi connectivity index (χ2v) is 11.3. The Morgan fingerprint density at radius 2 is 1.59 bits per heavy atom. The molecule has 1 amide bonds. The maximum absolute atomic E-state index is 12.7. The number of aromatic nitrogens is 4. The second kappa shape index (κ2) is 13.2. The van der Waals surface area contributed by atoms with Crippen LogP contribution in [-0.4, -0.2) is 52.4 Å². The van der Waals surface area contributed by atoms with Gasteiger partial charge in [-0.05, 0) is 47.4 Å². The van der Waals surface area contributed by atoms with Crippen LogP contribution in [0.25, 0.3) is 11.2 Å². The van der Waals surface area contributed by atoms with Crippen molar-refractivity contribution in [2.45, 2.75) is 38.2 Å². The van der Waals surface area contributed by atoms with E-state index in [9.17, 15) is 9.59 Å². The molecule has 1 aliphatic rings. The van der Waals surface area contributed by atoms with Crippen LogP contribution >= 0.6 is 0 Å². The first-order valence-electron chi connectivity index (χ1n) is 15.1. The number of anilines is 1. The lowest BCUT2D eigenvalue weighted by Crippen LogP contribution is -2.35. The average molecular weight is 623 g/mol. The molecule has 3 heterocycles. The zero-order valence-electron chi connectivity index (χ0n) is 26.1. The molecule has 237 valence electrons. The van der Waals surface area contributed by atoms with Crippen LogP contribution in [0.2, 0.25) is 0 Å². The summed E-state index contributed by atoms with van der Waals surface area (Å²) in [5, 5.41) is 2.66. The monoisotopic (exact) mass is 622 g/mol. The molecule has 1 radical (unpaired) electrons. The molecule has 1 saturated heterocycles. The standard InChI is InChI=1S/C35H36N5O6/c1-22(2)32(41)38-34-37-31-30(33(42)39-34)36-21-40(31)29-19-18-28(46-29)20-45-35(23-8-6-5-7-9-23,24-10-14-26(43-3)15-11-24)25-12-16-27(44-4)17-13-25/h5-17,19,21-22,28-29H,18,20H2,1-4H3,(H2,37,38,39,41,42)/t28?,29-/m1/s1. The summed E-state index contributed by atoms with van der Waals surface area (Å²) in [7, 11) is 3.28. The highest BCUT2D eigenvalue weighted by molar-refractivity contribution is 5.91. The number of methoxy groups -OCH3 is 2. The van der Waals surface area contributed by atoms with E-state index in [1.165, 1.54) is 6.33 Å². The molecule has 2 aromatic heterocycles. The summed E-state index contributed by atoms with van der Waals surface area (Å²) < 4.78 is 26.0. The summed E-state index contributed by atoms with van der Waals surface area (Å²) in [6.07, 6.45) is 3.24. The number of carbonyl (C=O) groups is 1. The first kappa shape index (κ1) is 31.0. The van der Waals surface area contributed by atoms with E-state index in [1.807, 2.05) is 73.2 Å². The van der Waals surface area contributed by atoms with Crippen LogP contribution in [0.5, 0.6) is 11.5 Å². The lowest BCUT2D eigenvalue weighted by molar-refractivity contribution is -0.118. The molecular weight excluding hydrogens is 586 g/mol. The molecule has 2 N–H and O–H groups in total. The van der Waals surface area contributed by atoms with Gasteiger partial charge in [-0.15, -0.1) is 0 Å².